The van der Waals surface area contributed by atoms with Crippen molar-refractivity contribution in [2.75, 3.05) is 5.75 Å². The number of aryl methyl sites for hydroxylation is 3. The minimum atomic E-state index is 0.152. The molecule has 0 aliphatic heterocycles. The van der Waals surface area contributed by atoms with Crippen molar-refractivity contribution in [3.05, 3.63) is 47.2 Å². The molecule has 1 aromatic heterocycles. The maximum Gasteiger partial charge on any atom is 0.173 e. The maximum atomic E-state index is 12.0. The Kier molecular flexibility index (Phi) is 3.87. The van der Waals surface area contributed by atoms with E-state index in [2.05, 4.69) is 5.10 Å². The molecule has 0 bridgehead atoms. The Balaban J connectivity index is 2.00. The zero-order valence-corrected chi connectivity index (χ0v) is 11.6. The molecule has 0 aliphatic carbocycles. The number of nitrogens with zero attached hydrogens (tertiary/aromatic N) is 2. The van der Waals surface area contributed by atoms with Gasteiger partial charge in [0.25, 0.3) is 0 Å². The summed E-state index contributed by atoms with van der Waals surface area (Å²) in [6, 6.07) is 9.69. The van der Waals surface area contributed by atoms with Gasteiger partial charge in [0.05, 0.1) is 16.5 Å². The van der Waals surface area contributed by atoms with E-state index in [1.165, 1.54) is 17.3 Å². The summed E-state index contributed by atoms with van der Waals surface area (Å²) in [6.45, 7) is 3.97. The molecule has 3 nitrogen and oxygen atoms in total. The molecule has 0 N–H and O–H groups in total. The van der Waals surface area contributed by atoms with Gasteiger partial charge in [-0.2, -0.15) is 5.10 Å². The summed E-state index contributed by atoms with van der Waals surface area (Å²) in [5.74, 6) is 0.598. The van der Waals surface area contributed by atoms with Crippen molar-refractivity contribution in [1.29, 1.82) is 0 Å². The third kappa shape index (κ3) is 3.01. The van der Waals surface area contributed by atoms with Crippen LogP contribution < -0.4 is 0 Å². The summed E-state index contributed by atoms with van der Waals surface area (Å²) in [5, 5.41) is 5.28. The van der Waals surface area contributed by atoms with Crippen LogP contribution in [0.4, 0.5) is 0 Å². The Bertz CT molecular complexity index is 558. The Morgan fingerprint density at radius 1 is 1.28 bits per heavy atom. The Hall–Kier alpha value is -1.55. The van der Waals surface area contributed by atoms with Gasteiger partial charge in [0.1, 0.15) is 0 Å². The van der Waals surface area contributed by atoms with Crippen molar-refractivity contribution >= 4 is 17.5 Å². The fourth-order valence-corrected chi connectivity index (χ4v) is 2.61. The zero-order chi connectivity index (χ0) is 13.1. The van der Waals surface area contributed by atoms with Crippen molar-refractivity contribution < 1.29 is 4.79 Å². The molecule has 0 spiro atoms. The third-order valence-corrected chi connectivity index (χ3v) is 3.77. The molecule has 2 aromatic rings. The summed E-state index contributed by atoms with van der Waals surface area (Å²) < 4.78 is 1.81. The van der Waals surface area contributed by atoms with Gasteiger partial charge in [0.2, 0.25) is 0 Å². The second kappa shape index (κ2) is 5.40. The fraction of sp³-hybridized carbons (Fsp3) is 0.286. The Morgan fingerprint density at radius 3 is 2.50 bits per heavy atom. The molecule has 0 fully saturated rings. The van der Waals surface area contributed by atoms with Crippen LogP contribution in [0, 0.1) is 13.8 Å². The van der Waals surface area contributed by atoms with Gasteiger partial charge >= 0.3 is 0 Å². The lowest BCUT2D eigenvalue weighted by Crippen LogP contribution is -2.03. The average Bonchev–Trinajstić information content (AvgIpc) is 2.66. The van der Waals surface area contributed by atoms with Crippen LogP contribution in [0.2, 0.25) is 0 Å². The van der Waals surface area contributed by atoms with Crippen LogP contribution in [-0.4, -0.2) is 21.3 Å². The lowest BCUT2D eigenvalue weighted by atomic mass is 10.1. The van der Waals surface area contributed by atoms with E-state index in [1.807, 2.05) is 55.9 Å². The van der Waals surface area contributed by atoms with E-state index in [4.69, 9.17) is 0 Å². The fourth-order valence-electron chi connectivity index (χ4n) is 1.68. The van der Waals surface area contributed by atoms with Gasteiger partial charge < -0.3 is 0 Å². The molecule has 0 atom stereocenters. The number of ketones is 1. The summed E-state index contributed by atoms with van der Waals surface area (Å²) in [7, 11) is 1.89. The van der Waals surface area contributed by atoms with E-state index in [1.54, 1.807) is 0 Å². The molecule has 1 heterocycles. The van der Waals surface area contributed by atoms with Gasteiger partial charge in [-0.15, -0.1) is 0 Å². The molecule has 0 saturated carbocycles. The van der Waals surface area contributed by atoms with Gasteiger partial charge in [0, 0.05) is 12.6 Å². The quantitative estimate of drug-likeness (QED) is 0.626. The van der Waals surface area contributed by atoms with Gasteiger partial charge in [-0.25, -0.2) is 0 Å². The first-order valence-corrected chi connectivity index (χ1v) is 6.78. The first kappa shape index (κ1) is 12.9. The largest absolute Gasteiger partial charge is 0.293 e. The number of hydrogen-bond donors (Lipinski definition) is 0. The summed E-state index contributed by atoms with van der Waals surface area (Å²) in [4.78, 5) is 12.0. The smallest absolute Gasteiger partial charge is 0.173 e. The predicted octanol–water partition coefficient (Wildman–Crippen LogP) is 3.01. The molecular weight excluding hydrogens is 244 g/mol. The summed E-state index contributed by atoms with van der Waals surface area (Å²) in [6.07, 6.45) is 0. The highest BCUT2D eigenvalue weighted by Gasteiger charge is 2.09. The highest BCUT2D eigenvalue weighted by atomic mass is 32.2. The van der Waals surface area contributed by atoms with Crippen LogP contribution in [0.15, 0.2) is 35.4 Å². The normalized spacial score (nSPS) is 10.6. The molecule has 0 saturated heterocycles. The van der Waals surface area contributed by atoms with E-state index >= 15 is 0 Å². The van der Waals surface area contributed by atoms with Crippen LogP contribution in [0.5, 0.6) is 0 Å². The van der Waals surface area contributed by atoms with Crippen molar-refractivity contribution in [2.24, 2.45) is 7.05 Å². The molecule has 0 amide bonds. The highest BCUT2D eigenvalue weighted by molar-refractivity contribution is 7.99. The molecule has 0 radical (unpaired) electrons. The van der Waals surface area contributed by atoms with Gasteiger partial charge in [-0.1, -0.05) is 41.6 Å². The lowest BCUT2D eigenvalue weighted by molar-refractivity contribution is 0.102. The zero-order valence-electron chi connectivity index (χ0n) is 10.8. The second-order valence-electron chi connectivity index (χ2n) is 4.33. The minimum absolute atomic E-state index is 0.152. The van der Waals surface area contributed by atoms with Gasteiger partial charge in [0.15, 0.2) is 5.78 Å². The predicted molar refractivity (Wildman–Crippen MR) is 74.2 cm³/mol. The van der Waals surface area contributed by atoms with Crippen LogP contribution in [0.3, 0.4) is 0 Å². The number of benzene rings is 1. The number of rotatable bonds is 4. The third-order valence-electron chi connectivity index (χ3n) is 2.68. The molecule has 1 aromatic carbocycles. The number of thioether (sulfide) groups is 1. The first-order chi connectivity index (χ1) is 8.56. The van der Waals surface area contributed by atoms with E-state index in [0.717, 1.165) is 16.3 Å². The lowest BCUT2D eigenvalue weighted by Gasteiger charge is -2.02. The molecular formula is C14H16N2OS. The highest BCUT2D eigenvalue weighted by Crippen LogP contribution is 2.19. The van der Waals surface area contributed by atoms with Crippen LogP contribution in [-0.2, 0) is 7.05 Å². The number of Topliss-reactive ketones (excluding diaryl/α,β-unsaturated/α-hetero) is 1. The van der Waals surface area contributed by atoms with Gasteiger partial charge in [-0.05, 0) is 19.9 Å². The van der Waals surface area contributed by atoms with Crippen LogP contribution in [0.25, 0.3) is 0 Å². The van der Waals surface area contributed by atoms with Gasteiger partial charge in [-0.3, -0.25) is 9.48 Å². The Morgan fingerprint density at radius 2 is 1.94 bits per heavy atom. The van der Waals surface area contributed by atoms with E-state index in [-0.39, 0.29) is 5.78 Å². The second-order valence-corrected chi connectivity index (χ2v) is 5.32. The summed E-state index contributed by atoms with van der Waals surface area (Å²) >= 11 is 1.53. The molecule has 0 aliphatic rings. The average molecular weight is 260 g/mol. The van der Waals surface area contributed by atoms with Crippen molar-refractivity contribution in [1.82, 2.24) is 9.78 Å². The van der Waals surface area contributed by atoms with Crippen molar-refractivity contribution in [2.45, 2.75) is 18.9 Å². The number of aromatic nitrogens is 2. The van der Waals surface area contributed by atoms with Crippen molar-refractivity contribution in [3.63, 3.8) is 0 Å². The van der Waals surface area contributed by atoms with E-state index in [0.29, 0.717) is 5.75 Å². The first-order valence-electron chi connectivity index (χ1n) is 5.79. The molecule has 2 rings (SSSR count). The van der Waals surface area contributed by atoms with Crippen LogP contribution in [0.1, 0.15) is 21.6 Å². The minimum Gasteiger partial charge on any atom is -0.293 e. The standard InChI is InChI=1S/C14H16N2OS/c1-10-4-6-12(7-5-10)13(17)9-18-14-8-11(2)15-16(14)3/h4-8H,9H2,1-3H3. The molecule has 94 valence electrons. The number of hydrogen-bond acceptors (Lipinski definition) is 3. The molecule has 18 heavy (non-hydrogen) atoms. The van der Waals surface area contributed by atoms with Crippen LogP contribution >= 0.6 is 11.8 Å². The Labute approximate surface area is 111 Å². The number of carbonyl (C=O) groups excluding carboxylic acids is 1. The van der Waals surface area contributed by atoms with Crippen molar-refractivity contribution in [3.8, 4) is 0 Å². The van der Waals surface area contributed by atoms with E-state index in [9.17, 15) is 4.79 Å². The van der Waals surface area contributed by atoms with E-state index < -0.39 is 0 Å². The SMILES string of the molecule is Cc1ccc(C(=O)CSc2cc(C)nn2C)cc1. The monoisotopic (exact) mass is 260 g/mol. The molecule has 0 unspecified atom stereocenters. The summed E-state index contributed by atoms with van der Waals surface area (Å²) in [5.41, 5.74) is 2.91. The molecule has 4 heteroatoms. The number of carbonyl (C=O) groups is 1. The maximum absolute atomic E-state index is 12.0. The topological polar surface area (TPSA) is 34.9 Å².